The van der Waals surface area contributed by atoms with Crippen molar-refractivity contribution in [2.75, 3.05) is 6.54 Å². The lowest BCUT2D eigenvalue weighted by Crippen LogP contribution is -2.26. The highest BCUT2D eigenvalue weighted by molar-refractivity contribution is 7.95. The number of rotatable bonds is 4. The Bertz CT molecular complexity index is 659. The standard InChI is InChI=1S/C13H15NO4S/c1-8(2)14-7-11-5-9-3-4-10(13(15)16)6-12(9)19(11,17)18/h3-6,8,14H,7H2,1-2H3,(H,15,16). The first-order valence-corrected chi connectivity index (χ1v) is 7.37. The minimum atomic E-state index is -3.56. The molecule has 0 atom stereocenters. The maximum absolute atomic E-state index is 12.3. The van der Waals surface area contributed by atoms with Crippen LogP contribution in [-0.2, 0) is 9.84 Å². The van der Waals surface area contributed by atoms with Gasteiger partial charge in [-0.15, -0.1) is 0 Å². The van der Waals surface area contributed by atoms with Crippen molar-refractivity contribution in [1.29, 1.82) is 0 Å². The average molecular weight is 281 g/mol. The molecule has 1 aliphatic heterocycles. The maximum atomic E-state index is 12.3. The summed E-state index contributed by atoms with van der Waals surface area (Å²) in [6, 6.07) is 4.32. The van der Waals surface area contributed by atoms with Gasteiger partial charge in [-0.3, -0.25) is 0 Å². The van der Waals surface area contributed by atoms with Gasteiger partial charge < -0.3 is 10.4 Å². The fraction of sp³-hybridized carbons (Fsp3) is 0.308. The van der Waals surface area contributed by atoms with E-state index in [0.29, 0.717) is 5.56 Å². The molecule has 6 heteroatoms. The molecular weight excluding hydrogens is 266 g/mol. The number of fused-ring (bicyclic) bond motifs is 1. The molecule has 0 bridgehead atoms. The summed E-state index contributed by atoms with van der Waals surface area (Å²) in [4.78, 5) is 11.2. The zero-order valence-electron chi connectivity index (χ0n) is 10.7. The van der Waals surface area contributed by atoms with Crippen LogP contribution in [0.4, 0.5) is 0 Å². The SMILES string of the molecule is CC(C)NCC1=Cc2ccc(C(=O)O)cc2S1(=O)=O. The molecule has 0 spiro atoms. The van der Waals surface area contributed by atoms with Crippen molar-refractivity contribution in [2.45, 2.75) is 24.8 Å². The first kappa shape index (κ1) is 13.8. The highest BCUT2D eigenvalue weighted by Crippen LogP contribution is 2.33. The number of carbonyl (C=O) groups is 1. The van der Waals surface area contributed by atoms with Gasteiger partial charge in [-0.2, -0.15) is 0 Å². The molecule has 1 heterocycles. The highest BCUT2D eigenvalue weighted by atomic mass is 32.2. The molecule has 0 aliphatic carbocycles. The second kappa shape index (κ2) is 4.79. The van der Waals surface area contributed by atoms with Gasteiger partial charge in [0.1, 0.15) is 0 Å². The Balaban J connectivity index is 2.39. The first-order valence-electron chi connectivity index (χ1n) is 5.89. The molecule has 0 amide bonds. The largest absolute Gasteiger partial charge is 0.478 e. The van der Waals surface area contributed by atoms with Crippen LogP contribution in [0.1, 0.15) is 29.8 Å². The monoisotopic (exact) mass is 281 g/mol. The Morgan fingerprint density at radius 1 is 1.37 bits per heavy atom. The lowest BCUT2D eigenvalue weighted by molar-refractivity contribution is 0.0696. The topological polar surface area (TPSA) is 83.5 Å². The van der Waals surface area contributed by atoms with Crippen LogP contribution in [0.15, 0.2) is 28.0 Å². The summed E-state index contributed by atoms with van der Waals surface area (Å²) in [5.74, 6) is -1.13. The Labute approximate surface area is 111 Å². The molecule has 1 aliphatic rings. The maximum Gasteiger partial charge on any atom is 0.335 e. The molecule has 0 saturated heterocycles. The van der Waals surface area contributed by atoms with E-state index in [0.717, 1.165) is 0 Å². The molecule has 19 heavy (non-hydrogen) atoms. The zero-order chi connectivity index (χ0) is 14.2. The van der Waals surface area contributed by atoms with E-state index in [9.17, 15) is 13.2 Å². The summed E-state index contributed by atoms with van der Waals surface area (Å²) in [6.45, 7) is 4.10. The van der Waals surface area contributed by atoms with Crippen molar-refractivity contribution in [3.63, 3.8) is 0 Å². The van der Waals surface area contributed by atoms with Crippen molar-refractivity contribution < 1.29 is 18.3 Å². The van der Waals surface area contributed by atoms with Crippen molar-refractivity contribution in [2.24, 2.45) is 0 Å². The lowest BCUT2D eigenvalue weighted by Gasteiger charge is -2.08. The number of carboxylic acids is 1. The van der Waals surface area contributed by atoms with Crippen LogP contribution in [0.5, 0.6) is 0 Å². The van der Waals surface area contributed by atoms with E-state index in [-0.39, 0.29) is 28.0 Å². The van der Waals surface area contributed by atoms with Crippen LogP contribution in [0, 0.1) is 0 Å². The summed E-state index contributed by atoms with van der Waals surface area (Å²) in [7, 11) is -3.56. The lowest BCUT2D eigenvalue weighted by atomic mass is 10.1. The normalized spacial score (nSPS) is 16.3. The first-order chi connectivity index (χ1) is 8.82. The van der Waals surface area contributed by atoms with E-state index in [2.05, 4.69) is 5.32 Å². The smallest absolute Gasteiger partial charge is 0.335 e. The predicted molar refractivity (Wildman–Crippen MR) is 71.7 cm³/mol. The third-order valence-electron chi connectivity index (χ3n) is 2.90. The van der Waals surface area contributed by atoms with Gasteiger partial charge in [0.15, 0.2) is 0 Å². The zero-order valence-corrected chi connectivity index (χ0v) is 11.5. The van der Waals surface area contributed by atoms with Gasteiger partial charge in [-0.1, -0.05) is 19.9 Å². The number of carboxylic acid groups (broad SMARTS) is 1. The highest BCUT2D eigenvalue weighted by Gasteiger charge is 2.30. The Morgan fingerprint density at radius 3 is 2.63 bits per heavy atom. The fourth-order valence-corrected chi connectivity index (χ4v) is 3.42. The Morgan fingerprint density at radius 2 is 2.05 bits per heavy atom. The van der Waals surface area contributed by atoms with Crippen LogP contribution in [-0.4, -0.2) is 32.1 Å². The number of nitrogens with one attached hydrogen (secondary N) is 1. The summed E-state index contributed by atoms with van der Waals surface area (Å²) >= 11 is 0. The van der Waals surface area contributed by atoms with Gasteiger partial charge in [0.25, 0.3) is 0 Å². The second-order valence-electron chi connectivity index (χ2n) is 4.71. The van der Waals surface area contributed by atoms with E-state index < -0.39 is 15.8 Å². The van der Waals surface area contributed by atoms with E-state index in [1.165, 1.54) is 18.2 Å². The van der Waals surface area contributed by atoms with Gasteiger partial charge in [-0.05, 0) is 23.8 Å². The van der Waals surface area contributed by atoms with E-state index in [1.54, 1.807) is 6.08 Å². The number of aromatic carboxylic acids is 1. The Hall–Kier alpha value is -1.66. The van der Waals surface area contributed by atoms with E-state index >= 15 is 0 Å². The molecule has 1 aromatic carbocycles. The van der Waals surface area contributed by atoms with Crippen LogP contribution in [0.3, 0.4) is 0 Å². The van der Waals surface area contributed by atoms with Gasteiger partial charge in [-0.25, -0.2) is 13.2 Å². The molecule has 2 N–H and O–H groups in total. The van der Waals surface area contributed by atoms with Crippen LogP contribution >= 0.6 is 0 Å². The number of hydrogen-bond donors (Lipinski definition) is 2. The minimum Gasteiger partial charge on any atom is -0.478 e. The van der Waals surface area contributed by atoms with Crippen LogP contribution in [0.25, 0.3) is 6.08 Å². The molecule has 0 unspecified atom stereocenters. The van der Waals surface area contributed by atoms with Gasteiger partial charge >= 0.3 is 5.97 Å². The van der Waals surface area contributed by atoms with Crippen molar-refractivity contribution >= 4 is 21.9 Å². The molecule has 0 aromatic heterocycles. The number of benzene rings is 1. The summed E-state index contributed by atoms with van der Waals surface area (Å²) < 4.78 is 24.5. The molecule has 0 fully saturated rings. The second-order valence-corrected chi connectivity index (χ2v) is 6.68. The summed E-state index contributed by atoms with van der Waals surface area (Å²) in [5, 5.41) is 12.0. The summed E-state index contributed by atoms with van der Waals surface area (Å²) in [6.07, 6.45) is 1.59. The van der Waals surface area contributed by atoms with Gasteiger partial charge in [0, 0.05) is 12.6 Å². The molecule has 0 radical (unpaired) electrons. The average Bonchev–Trinajstić information content (AvgIpc) is 2.58. The minimum absolute atomic E-state index is 0.0196. The fourth-order valence-electron chi connectivity index (χ4n) is 1.86. The summed E-state index contributed by atoms with van der Waals surface area (Å²) in [5.41, 5.74) is 0.527. The third-order valence-corrected chi connectivity index (χ3v) is 4.78. The van der Waals surface area contributed by atoms with Crippen molar-refractivity contribution in [3.05, 3.63) is 34.2 Å². The van der Waals surface area contributed by atoms with E-state index in [1.807, 2.05) is 13.8 Å². The van der Waals surface area contributed by atoms with E-state index in [4.69, 9.17) is 5.11 Å². The molecule has 102 valence electrons. The van der Waals surface area contributed by atoms with Crippen LogP contribution < -0.4 is 5.32 Å². The van der Waals surface area contributed by atoms with Gasteiger partial charge in [0.05, 0.1) is 15.4 Å². The third kappa shape index (κ3) is 2.54. The molecule has 0 saturated carbocycles. The number of hydrogen-bond acceptors (Lipinski definition) is 4. The number of sulfone groups is 1. The molecule has 5 nitrogen and oxygen atoms in total. The molecular formula is C13H15NO4S. The predicted octanol–water partition coefficient (Wildman–Crippen LogP) is 1.51. The van der Waals surface area contributed by atoms with Gasteiger partial charge in [0.2, 0.25) is 9.84 Å². The van der Waals surface area contributed by atoms with Crippen molar-refractivity contribution in [3.8, 4) is 0 Å². The quantitative estimate of drug-likeness (QED) is 0.874. The molecule has 1 aromatic rings. The van der Waals surface area contributed by atoms with Crippen molar-refractivity contribution in [1.82, 2.24) is 5.32 Å². The van der Waals surface area contributed by atoms with Crippen LogP contribution in [0.2, 0.25) is 0 Å². The Kier molecular flexibility index (Phi) is 3.47. The molecule has 2 rings (SSSR count).